The molecule has 3 heterocycles. The Morgan fingerprint density at radius 2 is 1.89 bits per heavy atom. The van der Waals surface area contributed by atoms with Gasteiger partial charge in [0.05, 0.1) is 10.3 Å². The molecular weight excluding hydrogens is 350 g/mol. The third-order valence-electron chi connectivity index (χ3n) is 4.83. The highest BCUT2D eigenvalue weighted by molar-refractivity contribution is 5.79. The standard InChI is InChI=1S/C17H19N7O3/c18-17-20-15-14(16(25)21-17)11(9-19-15)10-22-5-7-23(8-6-22)12-1-3-13(4-2-12)24(26)27/h1-4,9H,5-8,10H2,(H4,18,19,20,21,25). The number of aromatic nitrogens is 3. The van der Waals surface area contributed by atoms with Crippen molar-refractivity contribution in [2.24, 2.45) is 0 Å². The van der Waals surface area contributed by atoms with Gasteiger partial charge in [-0.25, -0.2) is 0 Å². The van der Waals surface area contributed by atoms with Gasteiger partial charge < -0.3 is 15.6 Å². The number of hydrogen-bond acceptors (Lipinski definition) is 7. The number of nitro groups is 1. The number of hydrogen-bond donors (Lipinski definition) is 3. The van der Waals surface area contributed by atoms with E-state index in [1.54, 1.807) is 18.3 Å². The number of non-ortho nitro benzene ring substituents is 1. The molecule has 0 spiro atoms. The number of anilines is 2. The Morgan fingerprint density at radius 1 is 1.19 bits per heavy atom. The fourth-order valence-electron chi connectivity index (χ4n) is 3.44. The molecule has 0 radical (unpaired) electrons. The topological polar surface area (TPSA) is 137 Å². The maximum atomic E-state index is 12.2. The van der Waals surface area contributed by atoms with Crippen LogP contribution in [0.1, 0.15) is 5.56 Å². The van der Waals surface area contributed by atoms with Crippen molar-refractivity contribution >= 4 is 28.4 Å². The minimum absolute atomic E-state index is 0.0937. The van der Waals surface area contributed by atoms with E-state index in [9.17, 15) is 14.9 Å². The highest BCUT2D eigenvalue weighted by Gasteiger charge is 2.20. The highest BCUT2D eigenvalue weighted by Crippen LogP contribution is 2.22. The first-order chi connectivity index (χ1) is 13.0. The van der Waals surface area contributed by atoms with Crippen LogP contribution in [0.25, 0.3) is 11.0 Å². The Bertz CT molecular complexity index is 1030. The van der Waals surface area contributed by atoms with Crippen LogP contribution in [-0.4, -0.2) is 51.0 Å². The smallest absolute Gasteiger partial charge is 0.269 e. The quantitative estimate of drug-likeness (QED) is 0.462. The zero-order valence-corrected chi connectivity index (χ0v) is 14.5. The van der Waals surface area contributed by atoms with Gasteiger partial charge in [-0.05, 0) is 17.7 Å². The predicted octanol–water partition coefficient (Wildman–Crippen LogP) is 1.06. The third kappa shape index (κ3) is 3.34. The van der Waals surface area contributed by atoms with E-state index in [-0.39, 0.29) is 17.2 Å². The van der Waals surface area contributed by atoms with Crippen molar-refractivity contribution in [1.82, 2.24) is 19.9 Å². The lowest BCUT2D eigenvalue weighted by molar-refractivity contribution is -0.384. The first-order valence-electron chi connectivity index (χ1n) is 8.59. The second-order valence-electron chi connectivity index (χ2n) is 6.53. The molecule has 4 N–H and O–H groups in total. The molecule has 10 heteroatoms. The van der Waals surface area contributed by atoms with Crippen LogP contribution in [-0.2, 0) is 6.54 Å². The molecule has 0 bridgehead atoms. The molecule has 1 aromatic carbocycles. The van der Waals surface area contributed by atoms with E-state index >= 15 is 0 Å². The van der Waals surface area contributed by atoms with Gasteiger partial charge in [0.25, 0.3) is 11.2 Å². The maximum absolute atomic E-state index is 12.2. The summed E-state index contributed by atoms with van der Waals surface area (Å²) >= 11 is 0. The Hall–Kier alpha value is -3.40. The number of piperazine rings is 1. The number of aromatic amines is 2. The number of nitrogen functional groups attached to an aromatic ring is 1. The van der Waals surface area contributed by atoms with E-state index < -0.39 is 4.92 Å². The zero-order chi connectivity index (χ0) is 19.0. The summed E-state index contributed by atoms with van der Waals surface area (Å²) in [7, 11) is 0. The van der Waals surface area contributed by atoms with Crippen LogP contribution in [0.4, 0.5) is 17.3 Å². The average molecular weight is 369 g/mol. The number of nitrogens with one attached hydrogen (secondary N) is 2. The summed E-state index contributed by atoms with van der Waals surface area (Å²) in [5.74, 6) is 0.0950. The molecule has 4 rings (SSSR count). The minimum atomic E-state index is -0.396. The molecule has 0 saturated carbocycles. The maximum Gasteiger partial charge on any atom is 0.269 e. The van der Waals surface area contributed by atoms with Gasteiger partial charge in [-0.1, -0.05) is 0 Å². The van der Waals surface area contributed by atoms with Crippen molar-refractivity contribution in [3.63, 3.8) is 0 Å². The van der Waals surface area contributed by atoms with E-state index in [0.29, 0.717) is 17.6 Å². The first-order valence-corrected chi connectivity index (χ1v) is 8.59. The predicted molar refractivity (Wildman–Crippen MR) is 102 cm³/mol. The molecule has 0 amide bonds. The first kappa shape index (κ1) is 17.0. The van der Waals surface area contributed by atoms with Crippen molar-refractivity contribution in [3.05, 3.63) is 56.5 Å². The third-order valence-corrected chi connectivity index (χ3v) is 4.83. The molecule has 140 valence electrons. The lowest BCUT2D eigenvalue weighted by atomic mass is 10.2. The molecule has 0 atom stereocenters. The Labute approximate surface area is 153 Å². The van der Waals surface area contributed by atoms with Crippen LogP contribution in [0.3, 0.4) is 0 Å². The van der Waals surface area contributed by atoms with Crippen LogP contribution >= 0.6 is 0 Å². The van der Waals surface area contributed by atoms with Crippen LogP contribution < -0.4 is 16.2 Å². The lowest BCUT2D eigenvalue weighted by Crippen LogP contribution is -2.46. The summed E-state index contributed by atoms with van der Waals surface area (Å²) in [5.41, 5.74) is 7.79. The number of rotatable bonds is 4. The second kappa shape index (κ2) is 6.72. The van der Waals surface area contributed by atoms with Gasteiger partial charge in [0.1, 0.15) is 5.65 Å². The fourth-order valence-corrected chi connectivity index (χ4v) is 3.44. The van der Waals surface area contributed by atoms with Gasteiger partial charge in [0.15, 0.2) is 0 Å². The zero-order valence-electron chi connectivity index (χ0n) is 14.5. The Kier molecular flexibility index (Phi) is 4.24. The van der Waals surface area contributed by atoms with Crippen LogP contribution in [0.15, 0.2) is 35.3 Å². The van der Waals surface area contributed by atoms with E-state index in [4.69, 9.17) is 5.73 Å². The normalized spacial score (nSPS) is 15.3. The van der Waals surface area contributed by atoms with Crippen LogP contribution in [0.2, 0.25) is 0 Å². The van der Waals surface area contributed by atoms with Gasteiger partial charge in [-0.15, -0.1) is 0 Å². The molecule has 0 aliphatic carbocycles. The number of nitro benzene ring substituents is 1. The largest absolute Gasteiger partial charge is 0.369 e. The van der Waals surface area contributed by atoms with E-state index in [0.717, 1.165) is 37.4 Å². The number of H-pyrrole nitrogens is 2. The molecule has 10 nitrogen and oxygen atoms in total. The number of fused-ring (bicyclic) bond motifs is 1. The van der Waals surface area contributed by atoms with E-state index in [2.05, 4.69) is 24.8 Å². The van der Waals surface area contributed by atoms with Gasteiger partial charge in [0.2, 0.25) is 5.95 Å². The van der Waals surface area contributed by atoms with Crippen LogP contribution in [0, 0.1) is 10.1 Å². The summed E-state index contributed by atoms with van der Waals surface area (Å²) in [6.45, 7) is 3.90. The van der Waals surface area contributed by atoms with Crippen molar-refractivity contribution < 1.29 is 4.92 Å². The van der Waals surface area contributed by atoms with Gasteiger partial charge in [-0.2, -0.15) is 4.98 Å². The lowest BCUT2D eigenvalue weighted by Gasteiger charge is -2.36. The van der Waals surface area contributed by atoms with Crippen molar-refractivity contribution in [2.45, 2.75) is 6.54 Å². The molecule has 1 aliphatic rings. The van der Waals surface area contributed by atoms with Gasteiger partial charge in [0, 0.05) is 56.7 Å². The summed E-state index contributed by atoms with van der Waals surface area (Å²) < 4.78 is 0. The average Bonchev–Trinajstić information content (AvgIpc) is 3.05. The SMILES string of the molecule is Nc1nc2[nH]cc(CN3CCN(c4ccc([N+](=O)[O-])cc4)CC3)c2c(=O)[nH]1. The molecule has 1 saturated heterocycles. The van der Waals surface area contributed by atoms with Gasteiger partial charge >= 0.3 is 0 Å². The molecule has 3 aromatic rings. The number of nitrogens with zero attached hydrogens (tertiary/aromatic N) is 4. The molecular formula is C17H19N7O3. The second-order valence-corrected chi connectivity index (χ2v) is 6.53. The van der Waals surface area contributed by atoms with E-state index in [1.807, 2.05) is 0 Å². The Morgan fingerprint density at radius 3 is 2.56 bits per heavy atom. The number of nitrogens with two attached hydrogens (primary N) is 1. The fraction of sp³-hybridized carbons (Fsp3) is 0.294. The minimum Gasteiger partial charge on any atom is -0.369 e. The van der Waals surface area contributed by atoms with Crippen molar-refractivity contribution in [2.75, 3.05) is 36.8 Å². The van der Waals surface area contributed by atoms with E-state index in [1.165, 1.54) is 12.1 Å². The molecule has 2 aromatic heterocycles. The monoisotopic (exact) mass is 369 g/mol. The number of benzene rings is 1. The van der Waals surface area contributed by atoms with Crippen molar-refractivity contribution in [1.29, 1.82) is 0 Å². The highest BCUT2D eigenvalue weighted by atomic mass is 16.6. The molecule has 1 aliphatic heterocycles. The Balaban J connectivity index is 1.43. The summed E-state index contributed by atoms with van der Waals surface area (Å²) in [6.07, 6.45) is 1.80. The van der Waals surface area contributed by atoms with Gasteiger partial charge in [-0.3, -0.25) is 24.8 Å². The van der Waals surface area contributed by atoms with Crippen molar-refractivity contribution in [3.8, 4) is 0 Å². The summed E-state index contributed by atoms with van der Waals surface area (Å²) in [6, 6.07) is 6.61. The molecule has 27 heavy (non-hydrogen) atoms. The van der Waals surface area contributed by atoms with Crippen LogP contribution in [0.5, 0.6) is 0 Å². The molecule has 0 unspecified atom stereocenters. The summed E-state index contributed by atoms with van der Waals surface area (Å²) in [4.78, 5) is 36.7. The summed E-state index contributed by atoms with van der Waals surface area (Å²) in [5, 5.41) is 11.3. The molecule has 1 fully saturated rings.